The minimum atomic E-state index is 0.149. The second-order valence-electron chi connectivity index (χ2n) is 4.73. The van der Waals surface area contributed by atoms with E-state index in [1.807, 2.05) is 0 Å². The molecular weight excluding hydrogens is 186 g/mol. The molecule has 0 saturated carbocycles. The number of aliphatic hydroxyl groups is 1. The van der Waals surface area contributed by atoms with Crippen LogP contribution in [-0.4, -0.2) is 23.8 Å². The molecule has 1 unspecified atom stereocenters. The number of hydrogen-bond acceptors (Lipinski definition) is 2. The summed E-state index contributed by atoms with van der Waals surface area (Å²) in [4.78, 5) is 0. The zero-order valence-electron chi connectivity index (χ0n) is 10.8. The van der Waals surface area contributed by atoms with Crippen LogP contribution in [0.1, 0.15) is 65.7 Å². The largest absolute Gasteiger partial charge is 0.396 e. The molecule has 0 bridgehead atoms. The van der Waals surface area contributed by atoms with Crippen LogP contribution in [0.4, 0.5) is 0 Å². The molecule has 2 nitrogen and oxygen atoms in total. The molecule has 0 radical (unpaired) electrons. The maximum atomic E-state index is 9.03. The second-order valence-corrected chi connectivity index (χ2v) is 4.73. The van der Waals surface area contributed by atoms with Crippen LogP contribution in [0.5, 0.6) is 0 Å². The van der Waals surface area contributed by atoms with E-state index in [0.29, 0.717) is 6.61 Å². The van der Waals surface area contributed by atoms with E-state index in [0.717, 1.165) is 13.0 Å². The van der Waals surface area contributed by atoms with Crippen molar-refractivity contribution in [1.29, 1.82) is 0 Å². The summed E-state index contributed by atoms with van der Waals surface area (Å²) >= 11 is 0. The average molecular weight is 215 g/mol. The van der Waals surface area contributed by atoms with Gasteiger partial charge in [-0.1, -0.05) is 46.0 Å². The first-order valence-electron chi connectivity index (χ1n) is 6.54. The van der Waals surface area contributed by atoms with Gasteiger partial charge in [0.2, 0.25) is 0 Å². The highest BCUT2D eigenvalue weighted by atomic mass is 16.3. The average Bonchev–Trinajstić information content (AvgIpc) is 2.18. The Morgan fingerprint density at radius 1 is 1.00 bits per heavy atom. The first-order valence-corrected chi connectivity index (χ1v) is 6.54. The van der Waals surface area contributed by atoms with Crippen molar-refractivity contribution < 1.29 is 5.11 Å². The molecule has 0 aliphatic rings. The zero-order chi connectivity index (χ0) is 11.6. The summed E-state index contributed by atoms with van der Waals surface area (Å²) in [6, 6.07) is 0. The maximum absolute atomic E-state index is 9.03. The standard InChI is InChI=1S/C13H29NO/c1-4-6-7-8-9-10-13(3,11-12-15)14-5-2/h14-15H,4-12H2,1-3H3. The molecular formula is C13H29NO. The topological polar surface area (TPSA) is 32.3 Å². The van der Waals surface area contributed by atoms with Crippen molar-refractivity contribution in [1.82, 2.24) is 5.32 Å². The van der Waals surface area contributed by atoms with Crippen LogP contribution in [0.2, 0.25) is 0 Å². The highest BCUT2D eigenvalue weighted by molar-refractivity contribution is 4.81. The lowest BCUT2D eigenvalue weighted by atomic mass is 9.91. The Labute approximate surface area is 95.5 Å². The van der Waals surface area contributed by atoms with Crippen LogP contribution in [0.3, 0.4) is 0 Å². The first kappa shape index (κ1) is 14.9. The third-order valence-corrected chi connectivity index (χ3v) is 3.10. The number of aliphatic hydroxyl groups excluding tert-OH is 1. The van der Waals surface area contributed by atoms with Crippen molar-refractivity contribution in [3.63, 3.8) is 0 Å². The fourth-order valence-electron chi connectivity index (χ4n) is 2.09. The monoisotopic (exact) mass is 215 g/mol. The van der Waals surface area contributed by atoms with Crippen LogP contribution in [-0.2, 0) is 0 Å². The van der Waals surface area contributed by atoms with Crippen molar-refractivity contribution >= 4 is 0 Å². The number of unbranched alkanes of at least 4 members (excludes halogenated alkanes) is 4. The number of rotatable bonds is 10. The second kappa shape index (κ2) is 9.17. The van der Waals surface area contributed by atoms with Crippen LogP contribution in [0, 0.1) is 0 Å². The van der Waals surface area contributed by atoms with Gasteiger partial charge in [-0.25, -0.2) is 0 Å². The quantitative estimate of drug-likeness (QED) is 0.549. The van der Waals surface area contributed by atoms with Crippen molar-refractivity contribution in [3.8, 4) is 0 Å². The third kappa shape index (κ3) is 7.80. The fourth-order valence-corrected chi connectivity index (χ4v) is 2.09. The normalized spacial score (nSPS) is 15.2. The van der Waals surface area contributed by atoms with Gasteiger partial charge < -0.3 is 10.4 Å². The highest BCUT2D eigenvalue weighted by Crippen LogP contribution is 2.19. The van der Waals surface area contributed by atoms with Crippen molar-refractivity contribution in [2.45, 2.75) is 71.3 Å². The Morgan fingerprint density at radius 3 is 2.20 bits per heavy atom. The predicted octanol–water partition coefficient (Wildman–Crippen LogP) is 3.10. The van der Waals surface area contributed by atoms with Crippen LogP contribution < -0.4 is 5.32 Å². The van der Waals surface area contributed by atoms with E-state index >= 15 is 0 Å². The van der Waals surface area contributed by atoms with Gasteiger partial charge >= 0.3 is 0 Å². The molecule has 1 atom stereocenters. The Hall–Kier alpha value is -0.0800. The van der Waals surface area contributed by atoms with E-state index < -0.39 is 0 Å². The molecule has 0 aliphatic carbocycles. The summed E-state index contributed by atoms with van der Waals surface area (Å²) in [5.41, 5.74) is 0.149. The molecule has 2 N–H and O–H groups in total. The minimum absolute atomic E-state index is 0.149. The molecule has 2 heteroatoms. The van der Waals surface area contributed by atoms with Gasteiger partial charge in [0.25, 0.3) is 0 Å². The fraction of sp³-hybridized carbons (Fsp3) is 1.00. The maximum Gasteiger partial charge on any atom is 0.0448 e. The van der Waals surface area contributed by atoms with E-state index in [1.165, 1.54) is 38.5 Å². The molecule has 0 aromatic rings. The van der Waals surface area contributed by atoms with Crippen molar-refractivity contribution in [2.24, 2.45) is 0 Å². The molecule has 0 aliphatic heterocycles. The summed E-state index contributed by atoms with van der Waals surface area (Å²) in [6.45, 7) is 7.89. The molecule has 0 aromatic heterocycles. The Balaban J connectivity index is 3.65. The summed E-state index contributed by atoms with van der Waals surface area (Å²) in [5, 5.41) is 12.5. The van der Waals surface area contributed by atoms with Gasteiger partial charge in [0, 0.05) is 12.1 Å². The summed E-state index contributed by atoms with van der Waals surface area (Å²) in [6.07, 6.45) is 8.69. The lowest BCUT2D eigenvalue weighted by Crippen LogP contribution is -2.42. The van der Waals surface area contributed by atoms with Crippen molar-refractivity contribution in [3.05, 3.63) is 0 Å². The third-order valence-electron chi connectivity index (χ3n) is 3.10. The summed E-state index contributed by atoms with van der Waals surface area (Å²) in [7, 11) is 0. The van der Waals surface area contributed by atoms with E-state index in [-0.39, 0.29) is 5.54 Å². The Bertz CT molecular complexity index is 130. The molecule has 0 fully saturated rings. The smallest absolute Gasteiger partial charge is 0.0448 e. The number of nitrogens with one attached hydrogen (secondary N) is 1. The van der Waals surface area contributed by atoms with Gasteiger partial charge in [0.15, 0.2) is 0 Å². The molecule has 0 saturated heterocycles. The Kier molecular flexibility index (Phi) is 9.12. The molecule has 0 heterocycles. The highest BCUT2D eigenvalue weighted by Gasteiger charge is 2.21. The van der Waals surface area contributed by atoms with Gasteiger partial charge in [-0.2, -0.15) is 0 Å². The van der Waals surface area contributed by atoms with Gasteiger partial charge in [0.05, 0.1) is 0 Å². The molecule has 0 aromatic carbocycles. The predicted molar refractivity (Wildman–Crippen MR) is 67.2 cm³/mol. The van der Waals surface area contributed by atoms with E-state index in [4.69, 9.17) is 5.11 Å². The van der Waals surface area contributed by atoms with Crippen LogP contribution >= 0.6 is 0 Å². The summed E-state index contributed by atoms with van der Waals surface area (Å²) in [5.74, 6) is 0. The van der Waals surface area contributed by atoms with Crippen LogP contribution in [0.15, 0.2) is 0 Å². The first-order chi connectivity index (χ1) is 7.18. The van der Waals surface area contributed by atoms with Crippen molar-refractivity contribution in [2.75, 3.05) is 13.2 Å². The SMILES string of the molecule is CCCCCCCC(C)(CCO)NCC. The van der Waals surface area contributed by atoms with Crippen LogP contribution in [0.25, 0.3) is 0 Å². The van der Waals surface area contributed by atoms with Gasteiger partial charge in [-0.05, 0) is 26.3 Å². The molecule has 15 heavy (non-hydrogen) atoms. The lowest BCUT2D eigenvalue weighted by Gasteiger charge is -2.30. The van der Waals surface area contributed by atoms with E-state index in [1.54, 1.807) is 0 Å². The zero-order valence-corrected chi connectivity index (χ0v) is 10.8. The molecule has 0 spiro atoms. The molecule has 0 rings (SSSR count). The molecule has 92 valence electrons. The number of hydrogen-bond donors (Lipinski definition) is 2. The summed E-state index contributed by atoms with van der Waals surface area (Å²) < 4.78 is 0. The van der Waals surface area contributed by atoms with Gasteiger partial charge in [-0.3, -0.25) is 0 Å². The van der Waals surface area contributed by atoms with E-state index in [2.05, 4.69) is 26.1 Å². The lowest BCUT2D eigenvalue weighted by molar-refractivity contribution is 0.210. The molecule has 0 amide bonds. The van der Waals surface area contributed by atoms with Gasteiger partial charge in [0.1, 0.15) is 0 Å². The van der Waals surface area contributed by atoms with Gasteiger partial charge in [-0.15, -0.1) is 0 Å². The minimum Gasteiger partial charge on any atom is -0.396 e. The van der Waals surface area contributed by atoms with E-state index in [9.17, 15) is 0 Å². The Morgan fingerprint density at radius 2 is 1.67 bits per heavy atom.